The number of fused-ring (bicyclic) bond motifs is 7. The molecule has 0 bridgehead atoms. The number of para-hydroxylation sites is 1. The van der Waals surface area contributed by atoms with Gasteiger partial charge in [-0.25, -0.2) is 9.55 Å². The number of imidazole rings is 1. The summed E-state index contributed by atoms with van der Waals surface area (Å²) in [5.74, 6) is 1.17. The number of benzene rings is 1. The van der Waals surface area contributed by atoms with Gasteiger partial charge in [0.2, 0.25) is 5.52 Å². The molecule has 0 unspecified atom stereocenters. The van der Waals surface area contributed by atoms with Gasteiger partial charge in [-0.3, -0.25) is 4.98 Å². The van der Waals surface area contributed by atoms with Crippen LogP contribution in [-0.2, 0) is 6.54 Å². The van der Waals surface area contributed by atoms with Crippen molar-refractivity contribution < 1.29 is 4.57 Å². The number of hydrogen-bond acceptors (Lipinski definition) is 2. The van der Waals surface area contributed by atoms with Gasteiger partial charge in [-0.05, 0) is 24.3 Å². The van der Waals surface area contributed by atoms with E-state index in [0.717, 1.165) is 23.4 Å². The molecule has 118 valence electrons. The zero-order chi connectivity index (χ0) is 16.4. The van der Waals surface area contributed by atoms with Crippen molar-refractivity contribution in [2.75, 3.05) is 0 Å². The highest BCUT2D eigenvalue weighted by Crippen LogP contribution is 2.34. The van der Waals surface area contributed by atoms with E-state index in [-0.39, 0.29) is 0 Å². The molecule has 5 aromatic rings. The fourth-order valence-electron chi connectivity index (χ4n) is 3.92. The van der Waals surface area contributed by atoms with Crippen LogP contribution in [0.4, 0.5) is 0 Å². The lowest BCUT2D eigenvalue weighted by molar-refractivity contribution is -0.645. The SMILES string of the molecule is c1ccc(-n2c3[n+](c4cn5cccnc5c42)Cc2ccncc2-3)cc1. The van der Waals surface area contributed by atoms with Crippen molar-refractivity contribution in [2.45, 2.75) is 6.54 Å². The summed E-state index contributed by atoms with van der Waals surface area (Å²) in [5, 5.41) is 0. The molecular weight excluding hydrogens is 310 g/mol. The summed E-state index contributed by atoms with van der Waals surface area (Å²) in [6.45, 7) is 0.862. The monoisotopic (exact) mass is 324 g/mol. The predicted octanol–water partition coefficient (Wildman–Crippen LogP) is 2.99. The molecular formula is C20H14N5+. The summed E-state index contributed by atoms with van der Waals surface area (Å²) in [7, 11) is 0. The van der Waals surface area contributed by atoms with Crippen LogP contribution in [0.3, 0.4) is 0 Å². The Morgan fingerprint density at radius 3 is 2.84 bits per heavy atom. The molecule has 5 heterocycles. The first kappa shape index (κ1) is 12.9. The van der Waals surface area contributed by atoms with Gasteiger partial charge in [-0.15, -0.1) is 0 Å². The van der Waals surface area contributed by atoms with E-state index in [1.165, 1.54) is 22.5 Å². The summed E-state index contributed by atoms with van der Waals surface area (Å²) >= 11 is 0. The van der Waals surface area contributed by atoms with E-state index in [1.54, 1.807) is 0 Å². The first-order valence-electron chi connectivity index (χ1n) is 8.30. The Kier molecular flexibility index (Phi) is 2.34. The summed E-state index contributed by atoms with van der Waals surface area (Å²) in [6.07, 6.45) is 9.90. The molecule has 1 aromatic carbocycles. The average Bonchev–Trinajstić information content (AvgIpc) is 3.30. The molecule has 1 aliphatic rings. The molecule has 0 fully saturated rings. The lowest BCUT2D eigenvalue weighted by atomic mass is 10.1. The largest absolute Gasteiger partial charge is 0.300 e. The Hall–Kier alpha value is -3.47. The van der Waals surface area contributed by atoms with Gasteiger partial charge in [-0.2, -0.15) is 4.57 Å². The van der Waals surface area contributed by atoms with Crippen LogP contribution in [-0.4, -0.2) is 18.9 Å². The van der Waals surface area contributed by atoms with E-state index < -0.39 is 0 Å². The number of nitrogens with zero attached hydrogens (tertiary/aromatic N) is 5. The minimum absolute atomic E-state index is 0.862. The fourth-order valence-corrected chi connectivity index (χ4v) is 3.92. The van der Waals surface area contributed by atoms with Crippen LogP contribution in [0.1, 0.15) is 5.56 Å². The average molecular weight is 324 g/mol. The van der Waals surface area contributed by atoms with Crippen molar-refractivity contribution in [3.05, 3.63) is 79.0 Å². The maximum Gasteiger partial charge on any atom is 0.297 e. The lowest BCUT2D eigenvalue weighted by Gasteiger charge is -2.01. The Morgan fingerprint density at radius 2 is 1.92 bits per heavy atom. The highest BCUT2D eigenvalue weighted by Gasteiger charge is 2.37. The molecule has 0 radical (unpaired) electrons. The first-order valence-corrected chi connectivity index (χ1v) is 8.30. The van der Waals surface area contributed by atoms with Gasteiger partial charge in [0.25, 0.3) is 5.82 Å². The third-order valence-electron chi connectivity index (χ3n) is 4.97. The number of aromatic nitrogens is 5. The molecule has 0 N–H and O–H groups in total. The van der Waals surface area contributed by atoms with Crippen molar-refractivity contribution in [3.8, 4) is 17.1 Å². The predicted molar refractivity (Wildman–Crippen MR) is 94.6 cm³/mol. The normalized spacial score (nSPS) is 12.6. The van der Waals surface area contributed by atoms with E-state index in [4.69, 9.17) is 0 Å². The second-order valence-electron chi connectivity index (χ2n) is 6.33. The molecule has 0 saturated carbocycles. The van der Waals surface area contributed by atoms with E-state index in [1.807, 2.05) is 36.9 Å². The van der Waals surface area contributed by atoms with E-state index in [2.05, 4.69) is 60.0 Å². The Balaban J connectivity index is 1.84. The first-order chi connectivity index (χ1) is 12.4. The Labute approximate surface area is 143 Å². The van der Waals surface area contributed by atoms with Crippen LogP contribution in [0.15, 0.2) is 73.4 Å². The second-order valence-corrected chi connectivity index (χ2v) is 6.33. The zero-order valence-electron chi connectivity index (χ0n) is 13.4. The van der Waals surface area contributed by atoms with Gasteiger partial charge in [0.15, 0.2) is 11.2 Å². The summed E-state index contributed by atoms with van der Waals surface area (Å²) < 4.78 is 6.77. The van der Waals surface area contributed by atoms with Crippen LogP contribution < -0.4 is 4.57 Å². The smallest absolute Gasteiger partial charge is 0.297 e. The molecule has 5 nitrogen and oxygen atoms in total. The molecule has 1 aliphatic heterocycles. The van der Waals surface area contributed by atoms with Gasteiger partial charge >= 0.3 is 0 Å². The number of pyridine rings is 1. The van der Waals surface area contributed by atoms with Crippen LogP contribution in [0.25, 0.3) is 33.8 Å². The third kappa shape index (κ3) is 1.59. The minimum Gasteiger partial charge on any atom is -0.300 e. The molecule has 0 saturated heterocycles. The standard InChI is InChI=1S/C20H14N5/c1-2-5-15(6-3-1)25-18-17(13-23-10-4-8-22-19(18)23)24-12-14-7-9-21-11-16(14)20(24)25/h1-11,13H,12H2/q+1. The van der Waals surface area contributed by atoms with E-state index in [0.29, 0.717) is 0 Å². The number of hydrogen-bond donors (Lipinski definition) is 0. The quantitative estimate of drug-likeness (QED) is 0.436. The summed E-state index contributed by atoms with van der Waals surface area (Å²) in [6, 6.07) is 14.5. The van der Waals surface area contributed by atoms with Crippen molar-refractivity contribution >= 4 is 16.7 Å². The van der Waals surface area contributed by atoms with Crippen LogP contribution in [0, 0.1) is 0 Å². The third-order valence-corrected chi connectivity index (χ3v) is 4.97. The molecule has 0 amide bonds. The van der Waals surface area contributed by atoms with Gasteiger partial charge in [0.1, 0.15) is 12.2 Å². The number of rotatable bonds is 1. The molecule has 6 rings (SSSR count). The van der Waals surface area contributed by atoms with Crippen LogP contribution >= 0.6 is 0 Å². The highest BCUT2D eigenvalue weighted by atomic mass is 15.2. The van der Waals surface area contributed by atoms with Crippen molar-refractivity contribution in [2.24, 2.45) is 0 Å². The summed E-state index contributed by atoms with van der Waals surface area (Å²) in [5.41, 5.74) is 6.92. The molecule has 25 heavy (non-hydrogen) atoms. The van der Waals surface area contributed by atoms with Crippen molar-refractivity contribution in [1.29, 1.82) is 0 Å². The van der Waals surface area contributed by atoms with Gasteiger partial charge in [0, 0.05) is 30.4 Å². The molecule has 0 atom stereocenters. The van der Waals surface area contributed by atoms with Crippen molar-refractivity contribution in [1.82, 2.24) is 18.9 Å². The van der Waals surface area contributed by atoms with Crippen molar-refractivity contribution in [3.63, 3.8) is 0 Å². The molecule has 4 aromatic heterocycles. The van der Waals surface area contributed by atoms with Crippen LogP contribution in [0.2, 0.25) is 0 Å². The van der Waals surface area contributed by atoms with E-state index in [9.17, 15) is 0 Å². The minimum atomic E-state index is 0.862. The summed E-state index contributed by atoms with van der Waals surface area (Å²) in [4.78, 5) is 9.00. The Morgan fingerprint density at radius 1 is 1.00 bits per heavy atom. The Bertz CT molecular complexity index is 1260. The van der Waals surface area contributed by atoms with Crippen LogP contribution in [0.5, 0.6) is 0 Å². The fraction of sp³-hybridized carbons (Fsp3) is 0.0500. The zero-order valence-corrected chi connectivity index (χ0v) is 13.4. The molecule has 0 aliphatic carbocycles. The van der Waals surface area contributed by atoms with Gasteiger partial charge in [-0.1, -0.05) is 18.2 Å². The van der Waals surface area contributed by atoms with E-state index >= 15 is 0 Å². The van der Waals surface area contributed by atoms with Gasteiger partial charge in [0.05, 0.1) is 11.8 Å². The second kappa shape index (κ2) is 4.54. The molecule has 0 spiro atoms. The maximum absolute atomic E-state index is 4.64. The molecule has 5 heteroatoms. The highest BCUT2D eigenvalue weighted by molar-refractivity contribution is 5.92. The lowest BCUT2D eigenvalue weighted by Crippen LogP contribution is -2.31. The topological polar surface area (TPSA) is 39.0 Å². The maximum atomic E-state index is 4.64. The van der Waals surface area contributed by atoms with Gasteiger partial charge < -0.3 is 4.40 Å².